The van der Waals surface area contributed by atoms with Gasteiger partial charge in [0.15, 0.2) is 5.17 Å². The molecule has 178 valence electrons. The van der Waals surface area contributed by atoms with Gasteiger partial charge in [-0.15, -0.1) is 0 Å². The molecule has 2 N–H and O–H groups in total. The first-order valence-electron chi connectivity index (χ1n) is 10.7. The molecule has 2 amide bonds. The van der Waals surface area contributed by atoms with Crippen LogP contribution in [0.3, 0.4) is 0 Å². The molecule has 1 aromatic carbocycles. The van der Waals surface area contributed by atoms with Crippen LogP contribution in [-0.4, -0.2) is 81.6 Å². The number of nitrogens with zero attached hydrogens (tertiary/aromatic N) is 1. The molecular formula is C22H33N3O6S. The number of ether oxygens (including phenoxy) is 4. The molecular weight excluding hydrogens is 434 g/mol. The molecule has 0 saturated carbocycles. The summed E-state index contributed by atoms with van der Waals surface area (Å²) in [6, 6.07) is 7.05. The number of hydrogen-bond donors (Lipinski definition) is 2. The smallest absolute Gasteiger partial charge is 0.259 e. The van der Waals surface area contributed by atoms with Crippen LogP contribution in [0.1, 0.15) is 30.6 Å². The lowest BCUT2D eigenvalue weighted by atomic mass is 10.1. The highest BCUT2D eigenvalue weighted by atomic mass is 32.2. The second-order valence-corrected chi connectivity index (χ2v) is 8.49. The minimum atomic E-state index is -0.298. The first kappa shape index (κ1) is 26.3. The Kier molecular flexibility index (Phi) is 12.3. The topological polar surface area (TPSA) is 107 Å². The number of anilines is 1. The van der Waals surface area contributed by atoms with Crippen molar-refractivity contribution in [2.24, 2.45) is 4.99 Å². The Morgan fingerprint density at radius 3 is 2.19 bits per heavy atom. The Labute approximate surface area is 193 Å². The largest absolute Gasteiger partial charge is 0.382 e. The maximum Gasteiger partial charge on any atom is 0.259 e. The van der Waals surface area contributed by atoms with Gasteiger partial charge in [0.25, 0.3) is 5.91 Å². The fourth-order valence-corrected chi connectivity index (χ4v) is 3.66. The number of nitrogens with one attached hydrogen (secondary N) is 2. The van der Waals surface area contributed by atoms with E-state index in [0.717, 1.165) is 0 Å². The zero-order valence-electron chi connectivity index (χ0n) is 18.9. The number of carbonyl (C=O) groups is 2. The summed E-state index contributed by atoms with van der Waals surface area (Å²) < 4.78 is 21.0. The zero-order valence-corrected chi connectivity index (χ0v) is 19.7. The molecule has 1 heterocycles. The molecule has 2 rings (SSSR count). The van der Waals surface area contributed by atoms with Crippen molar-refractivity contribution >= 4 is 34.4 Å². The highest BCUT2D eigenvalue weighted by Gasteiger charge is 2.24. The normalized spacial score (nSPS) is 17.8. The summed E-state index contributed by atoms with van der Waals surface area (Å²) in [5, 5.41) is 6.54. The second-order valence-electron chi connectivity index (χ2n) is 7.13. The molecule has 0 saturated heterocycles. The van der Waals surface area contributed by atoms with Crippen molar-refractivity contribution in [1.29, 1.82) is 0 Å². The van der Waals surface area contributed by atoms with Crippen molar-refractivity contribution in [2.45, 2.75) is 31.6 Å². The van der Waals surface area contributed by atoms with Gasteiger partial charge in [-0.2, -0.15) is 0 Å². The van der Waals surface area contributed by atoms with Gasteiger partial charge in [0.05, 0.1) is 70.0 Å². The third kappa shape index (κ3) is 9.66. The van der Waals surface area contributed by atoms with E-state index in [2.05, 4.69) is 22.5 Å². The van der Waals surface area contributed by atoms with Gasteiger partial charge in [-0.3, -0.25) is 14.6 Å². The molecule has 1 aliphatic heterocycles. The Morgan fingerprint density at radius 1 is 0.938 bits per heavy atom. The van der Waals surface area contributed by atoms with Crippen molar-refractivity contribution in [3.05, 3.63) is 29.8 Å². The van der Waals surface area contributed by atoms with Crippen LogP contribution >= 0.6 is 11.8 Å². The number of carbonyl (C=O) groups excluding carboxylic acids is 2. The highest BCUT2D eigenvalue weighted by Crippen LogP contribution is 2.25. The minimum absolute atomic E-state index is 0.157. The predicted octanol–water partition coefficient (Wildman–Crippen LogP) is 2.32. The Bertz CT molecular complexity index is 761. The lowest BCUT2D eigenvalue weighted by Crippen LogP contribution is -2.29. The van der Waals surface area contributed by atoms with Crippen LogP contribution in [0.25, 0.3) is 0 Å². The van der Waals surface area contributed by atoms with Crippen molar-refractivity contribution in [2.75, 3.05) is 58.7 Å². The van der Waals surface area contributed by atoms with Crippen LogP contribution in [0.4, 0.5) is 5.69 Å². The summed E-state index contributed by atoms with van der Waals surface area (Å²) in [5.74, 6) is -0.527. The number of rotatable bonds is 14. The molecule has 0 aliphatic carbocycles. The average molecular weight is 468 g/mol. The number of thioether (sulfide) groups is 1. The van der Waals surface area contributed by atoms with Gasteiger partial charge in [-0.1, -0.05) is 30.8 Å². The van der Waals surface area contributed by atoms with E-state index in [9.17, 15) is 9.59 Å². The van der Waals surface area contributed by atoms with Gasteiger partial charge >= 0.3 is 0 Å². The van der Waals surface area contributed by atoms with Crippen LogP contribution in [-0.2, 0) is 23.7 Å². The molecule has 0 radical (unpaired) electrons. The van der Waals surface area contributed by atoms with Crippen molar-refractivity contribution in [3.63, 3.8) is 0 Å². The summed E-state index contributed by atoms with van der Waals surface area (Å²) in [5.41, 5.74) is 0.842. The van der Waals surface area contributed by atoms with Crippen molar-refractivity contribution < 1.29 is 28.5 Å². The van der Waals surface area contributed by atoms with E-state index >= 15 is 0 Å². The van der Waals surface area contributed by atoms with Gasteiger partial charge in [0, 0.05) is 12.4 Å². The summed E-state index contributed by atoms with van der Waals surface area (Å²) in [6.07, 6.45) is 0.174. The molecule has 9 nitrogen and oxygen atoms in total. The predicted molar refractivity (Wildman–Crippen MR) is 125 cm³/mol. The van der Waals surface area contributed by atoms with Gasteiger partial charge in [-0.25, -0.2) is 0 Å². The lowest BCUT2D eigenvalue weighted by molar-refractivity contribution is -0.117. The van der Waals surface area contributed by atoms with Crippen molar-refractivity contribution in [3.8, 4) is 0 Å². The Hall–Kier alpha value is -1.98. The van der Waals surface area contributed by atoms with E-state index in [1.807, 2.05) is 6.92 Å². The van der Waals surface area contributed by atoms with Crippen LogP contribution in [0.15, 0.2) is 29.3 Å². The number of amidine groups is 1. The molecule has 2 unspecified atom stereocenters. The number of aliphatic imine (C=N–C) groups is 1. The number of amides is 2. The fraction of sp³-hybridized carbons (Fsp3) is 0.591. The number of hydrogen-bond acceptors (Lipinski definition) is 8. The Morgan fingerprint density at radius 2 is 1.56 bits per heavy atom. The molecule has 0 bridgehead atoms. The molecule has 10 heteroatoms. The van der Waals surface area contributed by atoms with E-state index in [4.69, 9.17) is 18.9 Å². The molecule has 1 aliphatic rings. The maximum atomic E-state index is 12.7. The van der Waals surface area contributed by atoms with E-state index in [1.165, 1.54) is 11.8 Å². The summed E-state index contributed by atoms with van der Waals surface area (Å²) in [4.78, 5) is 29.4. The van der Waals surface area contributed by atoms with E-state index in [0.29, 0.717) is 61.3 Å². The maximum absolute atomic E-state index is 12.7. The second kappa shape index (κ2) is 15.0. The van der Waals surface area contributed by atoms with E-state index in [1.54, 1.807) is 31.4 Å². The number of benzene rings is 1. The quantitative estimate of drug-likeness (QED) is 0.404. The van der Waals surface area contributed by atoms with Gasteiger partial charge < -0.3 is 29.6 Å². The standard InChI is InChI=1S/C22H33N3O6S/c1-16-17(2)32-22(23-16)25-21(27)18-6-4-5-7-19(18)24-20(26)8-9-29-12-13-31-15-14-30-11-10-28-3/h4-7,16-17H,8-15H2,1-3H3,(H,24,26)(H,23,25,27). The SMILES string of the molecule is COCCOCCOCCOCCC(=O)Nc1ccccc1C(=O)NC1=NC(C)C(C)S1. The molecule has 2 atom stereocenters. The molecule has 0 spiro atoms. The molecule has 0 aromatic heterocycles. The van der Waals surface area contributed by atoms with Crippen LogP contribution in [0.5, 0.6) is 0 Å². The highest BCUT2D eigenvalue weighted by molar-refractivity contribution is 8.14. The van der Waals surface area contributed by atoms with Crippen molar-refractivity contribution in [1.82, 2.24) is 5.32 Å². The third-order valence-corrected chi connectivity index (χ3v) is 5.81. The van der Waals surface area contributed by atoms with E-state index in [-0.39, 0.29) is 30.9 Å². The van der Waals surface area contributed by atoms with Gasteiger partial charge in [-0.05, 0) is 19.1 Å². The minimum Gasteiger partial charge on any atom is -0.382 e. The first-order valence-corrected chi connectivity index (χ1v) is 11.6. The monoisotopic (exact) mass is 467 g/mol. The summed E-state index contributed by atoms with van der Waals surface area (Å²) >= 11 is 1.53. The number of methoxy groups -OCH3 is 1. The van der Waals surface area contributed by atoms with Gasteiger partial charge in [0.1, 0.15) is 0 Å². The zero-order chi connectivity index (χ0) is 23.2. The molecule has 32 heavy (non-hydrogen) atoms. The van der Waals surface area contributed by atoms with Crippen LogP contribution in [0.2, 0.25) is 0 Å². The van der Waals surface area contributed by atoms with Gasteiger partial charge in [0.2, 0.25) is 5.91 Å². The number of para-hydroxylation sites is 1. The average Bonchev–Trinajstić information content (AvgIpc) is 3.09. The molecule has 1 aromatic rings. The summed E-state index contributed by atoms with van der Waals surface area (Å²) in [7, 11) is 1.62. The third-order valence-electron chi connectivity index (χ3n) is 4.61. The first-order chi connectivity index (χ1) is 15.5. The molecule has 0 fully saturated rings. The fourth-order valence-electron chi connectivity index (χ4n) is 2.67. The van der Waals surface area contributed by atoms with E-state index < -0.39 is 0 Å². The lowest BCUT2D eigenvalue weighted by Gasteiger charge is -2.11. The Balaban J connectivity index is 1.65. The van der Waals surface area contributed by atoms with Crippen LogP contribution < -0.4 is 10.6 Å². The summed E-state index contributed by atoms with van der Waals surface area (Å²) in [6.45, 7) is 7.25. The van der Waals surface area contributed by atoms with Crippen LogP contribution in [0, 0.1) is 0 Å².